The largest absolute Gasteiger partial charge is 0.462 e. The molecular weight excluding hydrogens is 491 g/mol. The van der Waals surface area contributed by atoms with E-state index in [0.717, 1.165) is 5.69 Å². The van der Waals surface area contributed by atoms with Crippen molar-refractivity contribution in [3.63, 3.8) is 0 Å². The monoisotopic (exact) mass is 514 g/mol. The van der Waals surface area contributed by atoms with Crippen LogP contribution in [0.15, 0.2) is 59.0 Å². The van der Waals surface area contributed by atoms with Crippen LogP contribution in [-0.4, -0.2) is 44.8 Å². The summed E-state index contributed by atoms with van der Waals surface area (Å²) in [5.41, 5.74) is 2.38. The lowest BCUT2D eigenvalue weighted by Gasteiger charge is -2.30. The predicted molar refractivity (Wildman–Crippen MR) is 137 cm³/mol. The first kappa shape index (κ1) is 24.9. The maximum Gasteiger partial charge on any atom is 0.338 e. The van der Waals surface area contributed by atoms with Gasteiger partial charge >= 0.3 is 5.97 Å². The summed E-state index contributed by atoms with van der Waals surface area (Å²) in [6, 6.07) is 13.8. The highest BCUT2D eigenvalue weighted by molar-refractivity contribution is 6.36. The lowest BCUT2D eigenvalue weighted by atomic mass is 10.1. The Morgan fingerprint density at radius 3 is 2.63 bits per heavy atom. The molecule has 7 nitrogen and oxygen atoms in total. The van der Waals surface area contributed by atoms with E-state index in [2.05, 4.69) is 10.2 Å². The number of halogens is 2. The SMILES string of the molecule is CCOC(=O)c1ccc(N2CCOCC2)c(NC(=O)/C=C/c2ccc(-c3ccc(Cl)cc3Cl)o2)c1. The molecule has 0 atom stereocenters. The molecule has 1 aliphatic rings. The van der Waals surface area contributed by atoms with E-state index in [-0.39, 0.29) is 12.5 Å². The molecular formula is C26H24Cl2N2O5. The van der Waals surface area contributed by atoms with Gasteiger partial charge < -0.3 is 24.1 Å². The number of nitrogens with zero attached hydrogens (tertiary/aromatic N) is 1. The van der Waals surface area contributed by atoms with E-state index in [1.165, 1.54) is 6.08 Å². The van der Waals surface area contributed by atoms with Crippen molar-refractivity contribution in [2.45, 2.75) is 6.92 Å². The Morgan fingerprint density at radius 1 is 1.09 bits per heavy atom. The Hall–Kier alpha value is -3.26. The molecule has 182 valence electrons. The van der Waals surface area contributed by atoms with Crippen LogP contribution < -0.4 is 10.2 Å². The van der Waals surface area contributed by atoms with Crippen LogP contribution in [-0.2, 0) is 14.3 Å². The zero-order valence-electron chi connectivity index (χ0n) is 19.1. The van der Waals surface area contributed by atoms with Crippen LogP contribution >= 0.6 is 23.2 Å². The molecule has 2 aromatic carbocycles. The average molecular weight is 515 g/mol. The van der Waals surface area contributed by atoms with Gasteiger partial charge in [0, 0.05) is 29.8 Å². The van der Waals surface area contributed by atoms with E-state index < -0.39 is 5.97 Å². The average Bonchev–Trinajstić information content (AvgIpc) is 3.32. The first-order valence-electron chi connectivity index (χ1n) is 11.1. The molecule has 1 saturated heterocycles. The van der Waals surface area contributed by atoms with Crippen LogP contribution in [0.1, 0.15) is 23.0 Å². The second-order valence-corrected chi connectivity index (χ2v) is 8.54. The molecule has 1 amide bonds. The summed E-state index contributed by atoms with van der Waals surface area (Å²) in [6.45, 7) is 4.55. The Bertz CT molecular complexity index is 1250. The molecule has 0 radical (unpaired) electrons. The van der Waals surface area contributed by atoms with Gasteiger partial charge in [0.15, 0.2) is 0 Å². The highest BCUT2D eigenvalue weighted by Gasteiger charge is 2.18. The third-order valence-corrected chi connectivity index (χ3v) is 5.89. The van der Waals surface area contributed by atoms with Gasteiger partial charge in [-0.25, -0.2) is 4.79 Å². The number of ether oxygens (including phenoxy) is 2. The normalized spacial score (nSPS) is 13.7. The number of furan rings is 1. The van der Waals surface area contributed by atoms with Crippen molar-refractivity contribution in [2.75, 3.05) is 43.1 Å². The minimum absolute atomic E-state index is 0.265. The molecule has 1 aromatic heterocycles. The number of benzene rings is 2. The van der Waals surface area contributed by atoms with Crippen molar-refractivity contribution >= 4 is 52.5 Å². The Morgan fingerprint density at radius 2 is 1.89 bits per heavy atom. The molecule has 0 unspecified atom stereocenters. The van der Waals surface area contributed by atoms with Crippen molar-refractivity contribution in [1.82, 2.24) is 0 Å². The molecule has 0 saturated carbocycles. The minimum Gasteiger partial charge on any atom is -0.462 e. The summed E-state index contributed by atoms with van der Waals surface area (Å²) in [6.07, 6.45) is 2.93. The fraction of sp³-hybridized carbons (Fsp3) is 0.231. The third kappa shape index (κ3) is 6.25. The van der Waals surface area contributed by atoms with Crippen LogP contribution in [0.5, 0.6) is 0 Å². The third-order valence-electron chi connectivity index (χ3n) is 5.34. The lowest BCUT2D eigenvalue weighted by molar-refractivity contribution is -0.111. The van der Waals surface area contributed by atoms with Crippen molar-refractivity contribution in [3.05, 3.63) is 76.0 Å². The van der Waals surface area contributed by atoms with Gasteiger partial charge in [-0.1, -0.05) is 23.2 Å². The number of carbonyl (C=O) groups is 2. The molecule has 1 fully saturated rings. The quantitative estimate of drug-likeness (QED) is 0.311. The van der Waals surface area contributed by atoms with E-state index in [4.69, 9.17) is 37.1 Å². The number of hydrogen-bond acceptors (Lipinski definition) is 6. The van der Waals surface area contributed by atoms with Gasteiger partial charge in [-0.3, -0.25) is 4.79 Å². The second-order valence-electron chi connectivity index (χ2n) is 7.70. The number of amides is 1. The zero-order chi connectivity index (χ0) is 24.8. The smallest absolute Gasteiger partial charge is 0.338 e. The van der Waals surface area contributed by atoms with Gasteiger partial charge in [0.1, 0.15) is 11.5 Å². The fourth-order valence-corrected chi connectivity index (χ4v) is 4.17. The number of rotatable bonds is 7. The number of esters is 1. The van der Waals surface area contributed by atoms with Gasteiger partial charge in [0.25, 0.3) is 0 Å². The number of anilines is 2. The maximum atomic E-state index is 12.8. The number of carbonyl (C=O) groups excluding carboxylic acids is 2. The van der Waals surface area contributed by atoms with Crippen LogP contribution in [0.25, 0.3) is 17.4 Å². The number of hydrogen-bond donors (Lipinski definition) is 1. The van der Waals surface area contributed by atoms with Crippen LogP contribution in [0.4, 0.5) is 11.4 Å². The van der Waals surface area contributed by atoms with Crippen molar-refractivity contribution in [2.24, 2.45) is 0 Å². The fourth-order valence-electron chi connectivity index (χ4n) is 3.67. The van der Waals surface area contributed by atoms with Gasteiger partial charge in [-0.2, -0.15) is 0 Å². The molecule has 35 heavy (non-hydrogen) atoms. The van der Waals surface area contributed by atoms with Crippen LogP contribution in [0.3, 0.4) is 0 Å². The summed E-state index contributed by atoms with van der Waals surface area (Å²) in [7, 11) is 0. The first-order valence-corrected chi connectivity index (χ1v) is 11.9. The maximum absolute atomic E-state index is 12.8. The molecule has 1 aliphatic heterocycles. The van der Waals surface area contributed by atoms with Gasteiger partial charge in [0.2, 0.25) is 5.91 Å². The highest BCUT2D eigenvalue weighted by atomic mass is 35.5. The topological polar surface area (TPSA) is 81.0 Å². The van der Waals surface area contributed by atoms with Crippen molar-refractivity contribution < 1.29 is 23.5 Å². The van der Waals surface area contributed by atoms with E-state index in [0.29, 0.717) is 64.7 Å². The number of nitrogens with one attached hydrogen (secondary N) is 1. The second kappa shape index (κ2) is 11.4. The summed E-state index contributed by atoms with van der Waals surface area (Å²) >= 11 is 12.2. The van der Waals surface area contributed by atoms with Gasteiger partial charge in [-0.05, 0) is 61.5 Å². The summed E-state index contributed by atoms with van der Waals surface area (Å²) in [4.78, 5) is 27.1. The summed E-state index contributed by atoms with van der Waals surface area (Å²) in [5.74, 6) is 0.220. The van der Waals surface area contributed by atoms with E-state index in [1.54, 1.807) is 55.5 Å². The molecule has 0 aliphatic carbocycles. The van der Waals surface area contributed by atoms with Gasteiger partial charge in [-0.15, -0.1) is 0 Å². The Labute approximate surface area is 213 Å². The van der Waals surface area contributed by atoms with Gasteiger partial charge in [0.05, 0.1) is 41.8 Å². The van der Waals surface area contributed by atoms with Crippen LogP contribution in [0, 0.1) is 0 Å². The Balaban J connectivity index is 1.52. The van der Waals surface area contributed by atoms with E-state index >= 15 is 0 Å². The summed E-state index contributed by atoms with van der Waals surface area (Å²) < 4.78 is 16.3. The molecule has 9 heteroatoms. The molecule has 4 rings (SSSR count). The lowest BCUT2D eigenvalue weighted by Crippen LogP contribution is -2.36. The van der Waals surface area contributed by atoms with Crippen molar-refractivity contribution in [1.29, 1.82) is 0 Å². The first-order chi connectivity index (χ1) is 16.9. The Kier molecular flexibility index (Phi) is 8.13. The molecule has 1 N–H and O–H groups in total. The molecule has 0 spiro atoms. The predicted octanol–water partition coefficient (Wildman–Crippen LogP) is 5.92. The van der Waals surface area contributed by atoms with Crippen molar-refractivity contribution in [3.8, 4) is 11.3 Å². The number of morpholine rings is 1. The van der Waals surface area contributed by atoms with E-state index in [9.17, 15) is 9.59 Å². The summed E-state index contributed by atoms with van der Waals surface area (Å²) in [5, 5.41) is 3.88. The zero-order valence-corrected chi connectivity index (χ0v) is 20.6. The molecule has 3 aromatic rings. The van der Waals surface area contributed by atoms with E-state index in [1.807, 2.05) is 6.07 Å². The molecule has 2 heterocycles. The molecule has 0 bridgehead atoms. The standard InChI is InChI=1S/C26H24Cl2N2O5/c1-2-34-26(32)17-3-8-23(30-11-13-33-14-12-30)22(15-17)29-25(31)10-6-19-5-9-24(35-19)20-7-4-18(27)16-21(20)28/h3-10,15-16H,2,11-14H2,1H3,(H,29,31)/b10-6+. The minimum atomic E-state index is -0.448. The highest BCUT2D eigenvalue weighted by Crippen LogP contribution is 2.32. The van der Waals surface area contributed by atoms with Crippen LogP contribution in [0.2, 0.25) is 10.0 Å².